The Bertz CT molecular complexity index is 879. The summed E-state index contributed by atoms with van der Waals surface area (Å²) < 4.78 is 0. The molecule has 2 amide bonds. The molecule has 2 aliphatic heterocycles. The first kappa shape index (κ1) is 16.8. The Kier molecular flexibility index (Phi) is 4.24. The summed E-state index contributed by atoms with van der Waals surface area (Å²) in [4.78, 5) is 28.0. The molecule has 132 valence electrons. The largest absolute Gasteiger partial charge is 0.271 e. The molecule has 0 saturated carbocycles. The predicted octanol–water partition coefficient (Wildman–Crippen LogP) is 3.21. The summed E-state index contributed by atoms with van der Waals surface area (Å²) in [6.07, 6.45) is 2.02. The fourth-order valence-corrected chi connectivity index (χ4v) is 3.63. The van der Waals surface area contributed by atoms with Crippen LogP contribution < -0.4 is 4.90 Å². The van der Waals surface area contributed by atoms with E-state index in [0.29, 0.717) is 12.2 Å². The number of thioether (sulfide) groups is 1. The number of imide groups is 1. The fraction of sp³-hybridized carbons (Fsp3) is 0.263. The molecule has 0 aliphatic carbocycles. The lowest BCUT2D eigenvalue weighted by Gasteiger charge is -2.20. The van der Waals surface area contributed by atoms with E-state index in [1.807, 2.05) is 49.6 Å². The summed E-state index contributed by atoms with van der Waals surface area (Å²) in [5.41, 5.74) is 2.68. The topological polar surface area (TPSA) is 65.3 Å². The second-order valence-electron chi connectivity index (χ2n) is 6.39. The van der Waals surface area contributed by atoms with Crippen LogP contribution in [-0.2, 0) is 16.1 Å². The molecule has 4 rings (SSSR count). The maximum atomic E-state index is 12.9. The van der Waals surface area contributed by atoms with Crippen molar-refractivity contribution in [1.82, 2.24) is 5.01 Å². The van der Waals surface area contributed by atoms with E-state index in [4.69, 9.17) is 0 Å². The van der Waals surface area contributed by atoms with Gasteiger partial charge in [-0.05, 0) is 43.0 Å². The van der Waals surface area contributed by atoms with Crippen molar-refractivity contribution in [3.8, 4) is 0 Å². The van der Waals surface area contributed by atoms with E-state index in [1.165, 1.54) is 9.80 Å². The molecule has 7 heteroatoms. The van der Waals surface area contributed by atoms with Gasteiger partial charge in [0, 0.05) is 4.90 Å². The lowest BCUT2D eigenvalue weighted by Crippen LogP contribution is -2.39. The van der Waals surface area contributed by atoms with Crippen LogP contribution in [0.25, 0.3) is 0 Å². The van der Waals surface area contributed by atoms with Gasteiger partial charge in [0.25, 0.3) is 11.8 Å². The van der Waals surface area contributed by atoms with Gasteiger partial charge >= 0.3 is 0 Å². The molecular weight excluding hydrogens is 348 g/mol. The zero-order chi connectivity index (χ0) is 18.3. The number of hydrogen-bond donors (Lipinski definition) is 0. The molecule has 26 heavy (non-hydrogen) atoms. The molecule has 1 saturated heterocycles. The number of aryl methyl sites for hydroxylation is 1. The lowest BCUT2D eigenvalue weighted by atomic mass is 10.1. The van der Waals surface area contributed by atoms with Crippen molar-refractivity contribution in [2.45, 2.75) is 30.4 Å². The van der Waals surface area contributed by atoms with Gasteiger partial charge in [0.1, 0.15) is 0 Å². The molecule has 0 bridgehead atoms. The predicted molar refractivity (Wildman–Crippen MR) is 99.9 cm³/mol. The van der Waals surface area contributed by atoms with Crippen LogP contribution in [0.3, 0.4) is 0 Å². The van der Waals surface area contributed by atoms with Gasteiger partial charge in [-0.3, -0.25) is 14.6 Å². The smallest absolute Gasteiger partial charge is 0.263 e. The highest BCUT2D eigenvalue weighted by Gasteiger charge is 2.54. The first-order valence-corrected chi connectivity index (χ1v) is 9.56. The molecule has 2 aromatic carbocycles. The molecule has 1 fully saturated rings. The third-order valence-electron chi connectivity index (χ3n) is 4.65. The molecule has 2 aliphatic rings. The zero-order valence-electron chi connectivity index (χ0n) is 14.5. The monoisotopic (exact) mass is 366 g/mol. The first-order valence-electron chi connectivity index (χ1n) is 8.33. The van der Waals surface area contributed by atoms with Crippen molar-refractivity contribution in [3.05, 3.63) is 59.7 Å². The highest BCUT2D eigenvalue weighted by atomic mass is 32.2. The van der Waals surface area contributed by atoms with Gasteiger partial charge in [-0.2, -0.15) is 5.11 Å². The average molecular weight is 366 g/mol. The summed E-state index contributed by atoms with van der Waals surface area (Å²) >= 11 is 1.67. The van der Waals surface area contributed by atoms with E-state index in [2.05, 4.69) is 10.3 Å². The van der Waals surface area contributed by atoms with Gasteiger partial charge in [0.15, 0.2) is 12.1 Å². The van der Waals surface area contributed by atoms with E-state index < -0.39 is 12.1 Å². The Labute approximate surface area is 155 Å². The number of amides is 2. The van der Waals surface area contributed by atoms with Crippen molar-refractivity contribution < 1.29 is 9.59 Å². The minimum absolute atomic E-state index is 0.269. The van der Waals surface area contributed by atoms with Gasteiger partial charge in [-0.15, -0.1) is 11.8 Å². The van der Waals surface area contributed by atoms with Gasteiger partial charge < -0.3 is 0 Å². The van der Waals surface area contributed by atoms with Crippen LogP contribution in [0.1, 0.15) is 11.1 Å². The molecule has 0 N–H and O–H groups in total. The van der Waals surface area contributed by atoms with Crippen molar-refractivity contribution in [1.29, 1.82) is 0 Å². The van der Waals surface area contributed by atoms with Gasteiger partial charge in [-0.1, -0.05) is 35.1 Å². The Morgan fingerprint density at radius 1 is 1.00 bits per heavy atom. The Balaban J connectivity index is 1.56. The van der Waals surface area contributed by atoms with Crippen LogP contribution in [0.5, 0.6) is 0 Å². The molecular formula is C19H18N4O2S. The number of hydrogen-bond acceptors (Lipinski definition) is 6. The Morgan fingerprint density at radius 2 is 1.69 bits per heavy atom. The van der Waals surface area contributed by atoms with E-state index in [9.17, 15) is 9.59 Å². The maximum absolute atomic E-state index is 12.9. The van der Waals surface area contributed by atoms with Gasteiger partial charge in [-0.25, -0.2) is 4.90 Å². The van der Waals surface area contributed by atoms with Crippen molar-refractivity contribution >= 4 is 29.3 Å². The number of rotatable bonds is 4. The second-order valence-corrected chi connectivity index (χ2v) is 7.27. The number of benzene rings is 2. The maximum Gasteiger partial charge on any atom is 0.263 e. The van der Waals surface area contributed by atoms with Gasteiger partial charge in [0.05, 0.1) is 12.2 Å². The first-order chi connectivity index (χ1) is 12.6. The van der Waals surface area contributed by atoms with Crippen molar-refractivity contribution in [2.75, 3.05) is 11.2 Å². The number of anilines is 1. The SMILES string of the molecule is CSc1ccc(CN2N=N[C@@H]3C(=O)N(c4ccc(C)cc4)C(=O)[C@@H]32)cc1. The fourth-order valence-electron chi connectivity index (χ4n) is 3.22. The Hall–Kier alpha value is -2.67. The third kappa shape index (κ3) is 2.78. The molecule has 0 spiro atoms. The molecule has 2 aromatic rings. The average Bonchev–Trinajstić information content (AvgIpc) is 3.17. The molecule has 0 aromatic heterocycles. The van der Waals surface area contributed by atoms with Crippen LogP contribution in [0, 0.1) is 6.92 Å². The third-order valence-corrected chi connectivity index (χ3v) is 5.40. The summed E-state index contributed by atoms with van der Waals surface area (Å²) in [5, 5.41) is 9.77. The van der Waals surface area contributed by atoms with Crippen LogP contribution in [0.4, 0.5) is 5.69 Å². The Morgan fingerprint density at radius 3 is 2.35 bits per heavy atom. The number of fused-ring (bicyclic) bond motifs is 1. The van der Waals surface area contributed by atoms with Crippen LogP contribution in [-0.4, -0.2) is 35.2 Å². The van der Waals surface area contributed by atoms with E-state index in [0.717, 1.165) is 11.1 Å². The summed E-state index contributed by atoms with van der Waals surface area (Å²) in [6, 6.07) is 14.0. The minimum Gasteiger partial charge on any atom is -0.271 e. The highest BCUT2D eigenvalue weighted by Crippen LogP contribution is 2.33. The normalized spacial score (nSPS) is 21.6. The van der Waals surface area contributed by atoms with E-state index in [1.54, 1.807) is 28.9 Å². The zero-order valence-corrected chi connectivity index (χ0v) is 15.3. The number of carbonyl (C=O) groups is 2. The van der Waals surface area contributed by atoms with Crippen LogP contribution in [0.2, 0.25) is 0 Å². The molecule has 2 atom stereocenters. The summed E-state index contributed by atoms with van der Waals surface area (Å²) in [6.45, 7) is 2.41. The van der Waals surface area contributed by atoms with Crippen LogP contribution >= 0.6 is 11.8 Å². The summed E-state index contributed by atoms with van der Waals surface area (Å²) in [7, 11) is 0. The van der Waals surface area contributed by atoms with E-state index in [-0.39, 0.29) is 11.8 Å². The van der Waals surface area contributed by atoms with Crippen molar-refractivity contribution in [3.63, 3.8) is 0 Å². The standard InChI is InChI=1S/C19H18N4O2S/c1-12-3-7-14(8-4-12)23-18(24)16-17(19(23)25)22(21-20-16)11-13-5-9-15(26-2)10-6-13/h3-10,16-17H,11H2,1-2H3/t16-,17+/m0/s1. The number of carbonyl (C=O) groups excluding carboxylic acids is 2. The lowest BCUT2D eigenvalue weighted by molar-refractivity contribution is -0.123. The molecule has 6 nitrogen and oxygen atoms in total. The minimum atomic E-state index is -0.755. The number of nitrogens with zero attached hydrogens (tertiary/aromatic N) is 4. The highest BCUT2D eigenvalue weighted by molar-refractivity contribution is 7.98. The quantitative estimate of drug-likeness (QED) is 0.616. The van der Waals surface area contributed by atoms with Crippen molar-refractivity contribution in [2.24, 2.45) is 10.3 Å². The van der Waals surface area contributed by atoms with Crippen LogP contribution in [0.15, 0.2) is 63.8 Å². The molecule has 2 heterocycles. The summed E-state index contributed by atoms with van der Waals surface area (Å²) in [5.74, 6) is -0.581. The van der Waals surface area contributed by atoms with Gasteiger partial charge in [0.2, 0.25) is 0 Å². The molecule has 0 unspecified atom stereocenters. The molecule has 0 radical (unpaired) electrons. The van der Waals surface area contributed by atoms with E-state index >= 15 is 0 Å². The second kappa shape index (κ2) is 6.57.